The lowest BCUT2D eigenvalue weighted by Crippen LogP contribution is -2.44. The first-order valence-electron chi connectivity index (χ1n) is 12.8. The molecule has 0 saturated carbocycles. The number of aromatic nitrogens is 3. The van der Waals surface area contributed by atoms with E-state index < -0.39 is 23.7 Å². The Morgan fingerprint density at radius 2 is 1.76 bits per heavy atom. The second-order valence-electron chi connectivity index (χ2n) is 9.78. The van der Waals surface area contributed by atoms with E-state index >= 15 is 0 Å². The van der Waals surface area contributed by atoms with Crippen LogP contribution < -0.4 is 0 Å². The van der Waals surface area contributed by atoms with Gasteiger partial charge in [0.1, 0.15) is 17.5 Å². The summed E-state index contributed by atoms with van der Waals surface area (Å²) in [5, 5.41) is 16.9. The van der Waals surface area contributed by atoms with Gasteiger partial charge in [0, 0.05) is 19.4 Å². The van der Waals surface area contributed by atoms with E-state index in [0.29, 0.717) is 17.5 Å². The first-order valence-corrected chi connectivity index (χ1v) is 13.1. The smallest absolute Gasteiger partial charge is 0.335 e. The quantitative estimate of drug-likeness (QED) is 0.330. The molecular weight excluding hydrogens is 551 g/mol. The summed E-state index contributed by atoms with van der Waals surface area (Å²) in [4.78, 5) is 52.2. The summed E-state index contributed by atoms with van der Waals surface area (Å²) < 4.78 is 15.7. The van der Waals surface area contributed by atoms with Crippen LogP contribution in [0.3, 0.4) is 0 Å². The summed E-state index contributed by atoms with van der Waals surface area (Å²) in [6.45, 7) is 1.67. The van der Waals surface area contributed by atoms with Crippen molar-refractivity contribution in [2.45, 2.75) is 32.2 Å². The number of ketones is 2. The van der Waals surface area contributed by atoms with Crippen molar-refractivity contribution in [3.63, 3.8) is 0 Å². The standard InChI is InChI=1S/C30H24ClFN4O5/c1-17(37)14-20-4-2-5-22-21(20)12-13-35(28(22)26(38)15-18-8-10-19(11-9-18)30(40)41)29(39)24-16-36(34-33-24)25-7-3-6-23(31)27(25)32/h2-11,16,28H,12-15H2,1H3,(H,40,41). The highest BCUT2D eigenvalue weighted by atomic mass is 35.5. The molecule has 4 aromatic rings. The minimum atomic E-state index is -1.08. The van der Waals surface area contributed by atoms with Crippen LogP contribution in [0.2, 0.25) is 5.02 Å². The fourth-order valence-corrected chi connectivity index (χ4v) is 5.27. The molecule has 1 aromatic heterocycles. The molecule has 0 bridgehead atoms. The van der Waals surface area contributed by atoms with E-state index in [1.54, 1.807) is 30.3 Å². The Labute approximate surface area is 239 Å². The Kier molecular flexibility index (Phi) is 7.76. The van der Waals surface area contributed by atoms with Crippen molar-refractivity contribution in [3.8, 4) is 5.69 Å². The van der Waals surface area contributed by atoms with E-state index in [1.165, 1.54) is 42.3 Å². The van der Waals surface area contributed by atoms with E-state index in [0.717, 1.165) is 15.8 Å². The molecule has 0 spiro atoms. The topological polar surface area (TPSA) is 122 Å². The lowest BCUT2D eigenvalue weighted by atomic mass is 9.84. The number of rotatable bonds is 8. The van der Waals surface area contributed by atoms with Crippen LogP contribution in [0, 0.1) is 5.82 Å². The lowest BCUT2D eigenvalue weighted by Gasteiger charge is -2.37. The third kappa shape index (κ3) is 5.64. The zero-order valence-corrected chi connectivity index (χ0v) is 22.6. The normalized spacial score (nSPS) is 14.4. The number of hydrogen-bond acceptors (Lipinski definition) is 6. The molecule has 41 heavy (non-hydrogen) atoms. The number of Topliss-reactive ketones (excluding diaryl/α,β-unsaturated/α-hetero) is 2. The van der Waals surface area contributed by atoms with Crippen molar-refractivity contribution < 1.29 is 28.7 Å². The van der Waals surface area contributed by atoms with Gasteiger partial charge in [-0.15, -0.1) is 5.10 Å². The molecule has 0 aliphatic carbocycles. The summed E-state index contributed by atoms with van der Waals surface area (Å²) in [6.07, 6.45) is 1.84. The van der Waals surface area contributed by atoms with Crippen LogP contribution in [0.5, 0.6) is 0 Å². The Balaban J connectivity index is 1.51. The summed E-state index contributed by atoms with van der Waals surface area (Å²) >= 11 is 5.89. The fourth-order valence-electron chi connectivity index (χ4n) is 5.10. The number of hydrogen-bond donors (Lipinski definition) is 1. The first-order chi connectivity index (χ1) is 19.6. The number of nitrogens with zero attached hydrogens (tertiary/aromatic N) is 4. The van der Waals surface area contributed by atoms with Crippen LogP contribution in [0.25, 0.3) is 5.69 Å². The van der Waals surface area contributed by atoms with Crippen molar-refractivity contribution in [2.75, 3.05) is 6.54 Å². The Morgan fingerprint density at radius 1 is 1.02 bits per heavy atom. The number of carboxylic acid groups (broad SMARTS) is 1. The summed E-state index contributed by atoms with van der Waals surface area (Å²) in [5.74, 6) is -2.69. The Bertz CT molecular complexity index is 1680. The van der Waals surface area contributed by atoms with Crippen molar-refractivity contribution in [3.05, 3.63) is 111 Å². The van der Waals surface area contributed by atoms with Gasteiger partial charge in [-0.3, -0.25) is 14.4 Å². The van der Waals surface area contributed by atoms with Crippen LogP contribution >= 0.6 is 11.6 Å². The molecule has 0 radical (unpaired) electrons. The Morgan fingerprint density at radius 3 is 2.46 bits per heavy atom. The third-order valence-electron chi connectivity index (χ3n) is 6.99. The molecule has 1 N–H and O–H groups in total. The third-order valence-corrected chi connectivity index (χ3v) is 7.29. The molecule has 11 heteroatoms. The van der Waals surface area contributed by atoms with E-state index in [2.05, 4.69) is 10.3 Å². The highest BCUT2D eigenvalue weighted by molar-refractivity contribution is 6.30. The molecule has 1 unspecified atom stereocenters. The monoisotopic (exact) mass is 574 g/mol. The Hall–Kier alpha value is -4.70. The number of halogens is 2. The number of aromatic carboxylic acids is 1. The highest BCUT2D eigenvalue weighted by Gasteiger charge is 2.38. The number of carboxylic acids is 1. The van der Waals surface area contributed by atoms with Crippen LogP contribution in [-0.2, 0) is 28.9 Å². The SMILES string of the molecule is CC(=O)Cc1cccc2c1CCN(C(=O)c1cn(-c3cccc(Cl)c3F)nn1)C2C(=O)Cc1ccc(C(=O)O)cc1. The predicted octanol–water partition coefficient (Wildman–Crippen LogP) is 4.44. The van der Waals surface area contributed by atoms with E-state index in [-0.39, 0.29) is 52.9 Å². The summed E-state index contributed by atoms with van der Waals surface area (Å²) in [5.41, 5.74) is 2.86. The molecule has 0 fully saturated rings. The molecule has 1 aliphatic heterocycles. The van der Waals surface area contributed by atoms with E-state index in [1.807, 2.05) is 6.07 Å². The van der Waals surface area contributed by atoms with Crippen LogP contribution in [0.1, 0.15) is 56.1 Å². The molecule has 2 heterocycles. The zero-order chi connectivity index (χ0) is 29.3. The molecule has 208 valence electrons. The number of fused-ring (bicyclic) bond motifs is 1. The highest BCUT2D eigenvalue weighted by Crippen LogP contribution is 2.35. The largest absolute Gasteiger partial charge is 0.478 e. The molecule has 9 nitrogen and oxygen atoms in total. The summed E-state index contributed by atoms with van der Waals surface area (Å²) in [6, 6.07) is 14.7. The van der Waals surface area contributed by atoms with Gasteiger partial charge >= 0.3 is 5.97 Å². The van der Waals surface area contributed by atoms with Gasteiger partial charge in [0.25, 0.3) is 5.91 Å². The van der Waals surface area contributed by atoms with Crippen LogP contribution in [0.4, 0.5) is 4.39 Å². The average Bonchev–Trinajstić information content (AvgIpc) is 3.44. The van der Waals surface area contributed by atoms with E-state index in [4.69, 9.17) is 11.6 Å². The second kappa shape index (κ2) is 11.4. The predicted molar refractivity (Wildman–Crippen MR) is 147 cm³/mol. The van der Waals surface area contributed by atoms with Gasteiger partial charge in [-0.1, -0.05) is 53.2 Å². The van der Waals surface area contributed by atoms with Gasteiger partial charge in [-0.05, 0) is 59.9 Å². The molecular formula is C30H24ClFN4O5. The summed E-state index contributed by atoms with van der Waals surface area (Å²) in [7, 11) is 0. The number of carbonyl (C=O) groups is 4. The van der Waals surface area contributed by atoms with Gasteiger partial charge in [0.05, 0.1) is 16.8 Å². The van der Waals surface area contributed by atoms with Crippen molar-refractivity contribution >= 4 is 35.0 Å². The van der Waals surface area contributed by atoms with Gasteiger partial charge in [-0.2, -0.15) is 0 Å². The van der Waals surface area contributed by atoms with Gasteiger partial charge in [0.15, 0.2) is 17.3 Å². The number of benzene rings is 3. The maximum Gasteiger partial charge on any atom is 0.335 e. The van der Waals surface area contributed by atoms with E-state index in [9.17, 15) is 28.7 Å². The average molecular weight is 575 g/mol. The molecule has 3 aromatic carbocycles. The van der Waals surface area contributed by atoms with Gasteiger partial charge in [0.2, 0.25) is 0 Å². The van der Waals surface area contributed by atoms with Crippen LogP contribution in [0.15, 0.2) is 66.9 Å². The van der Waals surface area contributed by atoms with Crippen molar-refractivity contribution in [1.82, 2.24) is 19.9 Å². The lowest BCUT2D eigenvalue weighted by molar-refractivity contribution is -0.123. The van der Waals surface area contributed by atoms with Gasteiger partial charge in [-0.25, -0.2) is 13.9 Å². The minimum absolute atomic E-state index is 0.0133. The number of amides is 1. The molecule has 1 amide bonds. The maximum atomic E-state index is 14.6. The van der Waals surface area contributed by atoms with Gasteiger partial charge < -0.3 is 10.0 Å². The van der Waals surface area contributed by atoms with Crippen molar-refractivity contribution in [2.24, 2.45) is 0 Å². The fraction of sp³-hybridized carbons (Fsp3) is 0.200. The maximum absolute atomic E-state index is 14.6. The minimum Gasteiger partial charge on any atom is -0.478 e. The van der Waals surface area contributed by atoms with Crippen molar-refractivity contribution in [1.29, 1.82) is 0 Å². The number of carbonyl (C=O) groups excluding carboxylic acids is 3. The first kappa shape index (κ1) is 27.9. The second-order valence-corrected chi connectivity index (χ2v) is 10.2. The zero-order valence-electron chi connectivity index (χ0n) is 21.9. The molecule has 1 aliphatic rings. The molecule has 1 atom stereocenters. The van der Waals surface area contributed by atoms with Crippen LogP contribution in [-0.4, -0.2) is 55.0 Å². The molecule has 5 rings (SSSR count). The molecule has 0 saturated heterocycles.